The Morgan fingerprint density at radius 3 is 2.84 bits per heavy atom. The lowest BCUT2D eigenvalue weighted by atomic mass is 10.1. The first-order chi connectivity index (χ1) is 9.16. The summed E-state index contributed by atoms with van der Waals surface area (Å²) in [5.41, 5.74) is 1.29. The molecule has 0 saturated carbocycles. The van der Waals surface area contributed by atoms with Gasteiger partial charge in [-0.1, -0.05) is 24.3 Å². The Morgan fingerprint density at radius 2 is 2.11 bits per heavy atom. The molecule has 0 unspecified atom stereocenters. The van der Waals surface area contributed by atoms with E-state index < -0.39 is 5.97 Å². The summed E-state index contributed by atoms with van der Waals surface area (Å²) in [6.07, 6.45) is 5.67. The Kier molecular flexibility index (Phi) is 3.87. The third-order valence-electron chi connectivity index (χ3n) is 2.58. The predicted octanol–water partition coefficient (Wildman–Crippen LogP) is 1.39. The SMILES string of the molecule is O=C(O)/C=C/c1ccccc1Cn1cccnc1=O. The van der Waals surface area contributed by atoms with Gasteiger partial charge in [-0.25, -0.2) is 14.6 Å². The second-order valence-electron chi connectivity index (χ2n) is 3.90. The topological polar surface area (TPSA) is 72.2 Å². The quantitative estimate of drug-likeness (QED) is 0.839. The van der Waals surface area contributed by atoms with Crippen molar-refractivity contribution in [2.24, 2.45) is 0 Å². The smallest absolute Gasteiger partial charge is 0.347 e. The number of carboxylic acids is 1. The first kappa shape index (κ1) is 12.8. The lowest BCUT2D eigenvalue weighted by Crippen LogP contribution is -2.22. The average Bonchev–Trinajstić information content (AvgIpc) is 2.40. The third kappa shape index (κ3) is 3.38. The van der Waals surface area contributed by atoms with E-state index in [2.05, 4.69) is 4.98 Å². The van der Waals surface area contributed by atoms with Crippen LogP contribution < -0.4 is 5.69 Å². The lowest BCUT2D eigenvalue weighted by Gasteiger charge is -2.07. The number of aliphatic carboxylic acids is 1. The molecule has 1 N–H and O–H groups in total. The molecule has 1 heterocycles. The lowest BCUT2D eigenvalue weighted by molar-refractivity contribution is -0.131. The summed E-state index contributed by atoms with van der Waals surface area (Å²) >= 11 is 0. The molecule has 0 aliphatic heterocycles. The molecule has 19 heavy (non-hydrogen) atoms. The molecular formula is C14H12N2O3. The van der Waals surface area contributed by atoms with Crippen LogP contribution >= 0.6 is 0 Å². The maximum Gasteiger partial charge on any atom is 0.347 e. The standard InChI is InChI=1S/C14H12N2O3/c17-13(18)7-6-11-4-1-2-5-12(11)10-16-9-3-8-15-14(16)19/h1-9H,10H2,(H,17,18)/b7-6+. The minimum Gasteiger partial charge on any atom is -0.478 e. The zero-order valence-corrected chi connectivity index (χ0v) is 10.1. The summed E-state index contributed by atoms with van der Waals surface area (Å²) in [5, 5.41) is 8.65. The van der Waals surface area contributed by atoms with Crippen LogP contribution in [0.2, 0.25) is 0 Å². The molecule has 0 saturated heterocycles. The Balaban J connectivity index is 2.33. The summed E-state index contributed by atoms with van der Waals surface area (Å²) < 4.78 is 1.47. The maximum atomic E-state index is 11.5. The van der Waals surface area contributed by atoms with Crippen molar-refractivity contribution in [1.82, 2.24) is 9.55 Å². The Morgan fingerprint density at radius 1 is 1.32 bits per heavy atom. The van der Waals surface area contributed by atoms with Gasteiger partial charge in [0.1, 0.15) is 0 Å². The van der Waals surface area contributed by atoms with Gasteiger partial charge in [0.2, 0.25) is 0 Å². The van der Waals surface area contributed by atoms with Crippen LogP contribution in [-0.2, 0) is 11.3 Å². The Hall–Kier alpha value is -2.69. The number of hydrogen-bond acceptors (Lipinski definition) is 3. The highest BCUT2D eigenvalue weighted by atomic mass is 16.4. The highest BCUT2D eigenvalue weighted by Gasteiger charge is 2.02. The molecule has 0 aliphatic carbocycles. The number of nitrogens with zero attached hydrogens (tertiary/aromatic N) is 2. The van der Waals surface area contributed by atoms with Gasteiger partial charge in [0.05, 0.1) is 6.54 Å². The highest BCUT2D eigenvalue weighted by Crippen LogP contribution is 2.11. The van der Waals surface area contributed by atoms with Gasteiger partial charge < -0.3 is 5.11 Å². The molecule has 5 heteroatoms. The molecule has 1 aromatic heterocycles. The molecule has 0 fully saturated rings. The fourth-order valence-corrected chi connectivity index (χ4v) is 1.69. The largest absolute Gasteiger partial charge is 0.478 e. The molecule has 0 bridgehead atoms. The third-order valence-corrected chi connectivity index (χ3v) is 2.58. The van der Waals surface area contributed by atoms with Crippen LogP contribution in [0, 0.1) is 0 Å². The van der Waals surface area contributed by atoms with Crippen LogP contribution in [0.4, 0.5) is 0 Å². The molecule has 0 spiro atoms. The van der Waals surface area contributed by atoms with E-state index in [0.717, 1.165) is 17.2 Å². The monoisotopic (exact) mass is 256 g/mol. The van der Waals surface area contributed by atoms with E-state index in [0.29, 0.717) is 6.54 Å². The summed E-state index contributed by atoms with van der Waals surface area (Å²) in [6, 6.07) is 8.99. The van der Waals surface area contributed by atoms with Gasteiger partial charge in [0, 0.05) is 18.5 Å². The highest BCUT2D eigenvalue weighted by molar-refractivity contribution is 5.85. The Labute approximate surface area is 109 Å². The number of hydrogen-bond donors (Lipinski definition) is 1. The van der Waals surface area contributed by atoms with Gasteiger partial charge in [0.15, 0.2) is 0 Å². The zero-order valence-electron chi connectivity index (χ0n) is 10.1. The molecular weight excluding hydrogens is 244 g/mol. The van der Waals surface area contributed by atoms with Crippen molar-refractivity contribution >= 4 is 12.0 Å². The first-order valence-electron chi connectivity index (χ1n) is 5.67. The van der Waals surface area contributed by atoms with Crippen molar-refractivity contribution < 1.29 is 9.90 Å². The van der Waals surface area contributed by atoms with Crippen molar-refractivity contribution in [1.29, 1.82) is 0 Å². The van der Waals surface area contributed by atoms with Gasteiger partial charge in [-0.2, -0.15) is 0 Å². The minimum atomic E-state index is -1.01. The predicted molar refractivity (Wildman–Crippen MR) is 70.7 cm³/mol. The second kappa shape index (κ2) is 5.77. The van der Waals surface area contributed by atoms with Crippen molar-refractivity contribution in [3.63, 3.8) is 0 Å². The molecule has 1 aromatic carbocycles. The molecule has 96 valence electrons. The van der Waals surface area contributed by atoms with Crippen LogP contribution in [0.5, 0.6) is 0 Å². The molecule has 2 aromatic rings. The Bertz CT molecular complexity index is 674. The van der Waals surface area contributed by atoms with Crippen molar-refractivity contribution in [2.45, 2.75) is 6.54 Å². The fraction of sp³-hybridized carbons (Fsp3) is 0.0714. The van der Waals surface area contributed by atoms with E-state index in [9.17, 15) is 9.59 Å². The van der Waals surface area contributed by atoms with Crippen molar-refractivity contribution in [3.05, 3.63) is 70.4 Å². The van der Waals surface area contributed by atoms with Gasteiger partial charge in [-0.05, 0) is 23.3 Å². The van der Waals surface area contributed by atoms with Crippen LogP contribution in [0.15, 0.2) is 53.6 Å². The summed E-state index contributed by atoms with van der Waals surface area (Å²) in [4.78, 5) is 25.8. The normalized spacial score (nSPS) is 10.7. The van der Waals surface area contributed by atoms with E-state index in [1.807, 2.05) is 18.2 Å². The van der Waals surface area contributed by atoms with E-state index in [4.69, 9.17) is 5.11 Å². The summed E-state index contributed by atoms with van der Waals surface area (Å²) in [6.45, 7) is 0.354. The van der Waals surface area contributed by atoms with Crippen molar-refractivity contribution in [3.8, 4) is 0 Å². The number of carbonyl (C=O) groups is 1. The molecule has 2 rings (SSSR count). The van der Waals surface area contributed by atoms with Crippen LogP contribution in [-0.4, -0.2) is 20.6 Å². The van der Waals surface area contributed by atoms with Crippen LogP contribution in [0.3, 0.4) is 0 Å². The average molecular weight is 256 g/mol. The van der Waals surface area contributed by atoms with E-state index in [1.54, 1.807) is 18.3 Å². The molecule has 5 nitrogen and oxygen atoms in total. The van der Waals surface area contributed by atoms with Gasteiger partial charge in [0.25, 0.3) is 0 Å². The second-order valence-corrected chi connectivity index (χ2v) is 3.90. The van der Waals surface area contributed by atoms with E-state index >= 15 is 0 Å². The van der Waals surface area contributed by atoms with Crippen LogP contribution in [0.1, 0.15) is 11.1 Å². The molecule has 0 amide bonds. The number of aromatic nitrogens is 2. The molecule has 0 aliphatic rings. The number of rotatable bonds is 4. The maximum absolute atomic E-state index is 11.5. The number of carboxylic acid groups (broad SMARTS) is 1. The van der Waals surface area contributed by atoms with E-state index in [1.165, 1.54) is 16.8 Å². The zero-order chi connectivity index (χ0) is 13.7. The summed E-state index contributed by atoms with van der Waals surface area (Å²) in [5.74, 6) is -1.01. The van der Waals surface area contributed by atoms with Crippen molar-refractivity contribution in [2.75, 3.05) is 0 Å². The fourth-order valence-electron chi connectivity index (χ4n) is 1.69. The van der Waals surface area contributed by atoms with Crippen LogP contribution in [0.25, 0.3) is 6.08 Å². The summed E-state index contributed by atoms with van der Waals surface area (Å²) in [7, 11) is 0. The first-order valence-corrected chi connectivity index (χ1v) is 5.67. The van der Waals surface area contributed by atoms with Gasteiger partial charge in [-0.15, -0.1) is 0 Å². The van der Waals surface area contributed by atoms with E-state index in [-0.39, 0.29) is 5.69 Å². The molecule has 0 radical (unpaired) electrons. The molecule has 0 atom stereocenters. The number of benzene rings is 1. The van der Waals surface area contributed by atoms with Gasteiger partial charge >= 0.3 is 11.7 Å². The van der Waals surface area contributed by atoms with Gasteiger partial charge in [-0.3, -0.25) is 4.57 Å². The minimum absolute atomic E-state index is 0.334.